The van der Waals surface area contributed by atoms with Crippen LogP contribution in [0.5, 0.6) is 0 Å². The van der Waals surface area contributed by atoms with Gasteiger partial charge in [-0.25, -0.2) is 9.97 Å². The molecular weight excluding hydrogens is 369 g/mol. The average Bonchev–Trinajstić information content (AvgIpc) is 3.27. The smallest absolute Gasteiger partial charge is 0.390 e. The summed E-state index contributed by atoms with van der Waals surface area (Å²) in [6, 6.07) is 1.74. The molecule has 28 heavy (non-hydrogen) atoms. The van der Waals surface area contributed by atoms with Crippen molar-refractivity contribution < 1.29 is 18.3 Å². The van der Waals surface area contributed by atoms with Crippen LogP contribution in [0.3, 0.4) is 0 Å². The van der Waals surface area contributed by atoms with E-state index in [0.29, 0.717) is 23.4 Å². The number of aliphatic hydroxyl groups is 1. The summed E-state index contributed by atoms with van der Waals surface area (Å²) in [6.07, 6.45) is 1.51. The summed E-state index contributed by atoms with van der Waals surface area (Å²) in [7, 11) is 0. The van der Waals surface area contributed by atoms with E-state index in [2.05, 4.69) is 21.9 Å². The average molecular weight is 394 g/mol. The lowest BCUT2D eigenvalue weighted by Crippen LogP contribution is -2.22. The standard InChI is InChI=1S/C20H25F3N4O/c1-4-12-7-11(9-19(2,3)28)8-13(12)18-26-16(20(21,22)23)15-10-25-17-14(27(15)18)5-6-24-17/h5-6,10-13,24,28H,4,7-9H2,1-3H3/t11-,12-,13+/m1/s1. The minimum atomic E-state index is -4.54. The number of rotatable bonds is 4. The van der Waals surface area contributed by atoms with Gasteiger partial charge in [-0.05, 0) is 51.0 Å². The van der Waals surface area contributed by atoms with E-state index >= 15 is 0 Å². The van der Waals surface area contributed by atoms with Gasteiger partial charge in [-0.1, -0.05) is 13.3 Å². The van der Waals surface area contributed by atoms with Crippen LogP contribution in [0.1, 0.15) is 63.9 Å². The second kappa shape index (κ2) is 6.47. The van der Waals surface area contributed by atoms with Crippen LogP contribution in [-0.4, -0.2) is 30.1 Å². The van der Waals surface area contributed by atoms with Crippen LogP contribution in [0.4, 0.5) is 13.2 Å². The Morgan fingerprint density at radius 3 is 2.64 bits per heavy atom. The highest BCUT2D eigenvalue weighted by atomic mass is 19.4. The van der Waals surface area contributed by atoms with E-state index in [4.69, 9.17) is 0 Å². The second-order valence-corrected chi connectivity index (χ2v) is 8.64. The predicted molar refractivity (Wildman–Crippen MR) is 100 cm³/mol. The highest BCUT2D eigenvalue weighted by Crippen LogP contribution is 2.48. The molecule has 4 rings (SSSR count). The van der Waals surface area contributed by atoms with Crippen molar-refractivity contribution in [1.82, 2.24) is 19.4 Å². The summed E-state index contributed by atoms with van der Waals surface area (Å²) in [5.74, 6) is 0.877. The Bertz CT molecular complexity index is 999. The van der Waals surface area contributed by atoms with Gasteiger partial charge in [-0.15, -0.1) is 0 Å². The highest BCUT2D eigenvalue weighted by Gasteiger charge is 2.42. The minimum absolute atomic E-state index is 0.00427. The van der Waals surface area contributed by atoms with Crippen LogP contribution in [-0.2, 0) is 6.18 Å². The van der Waals surface area contributed by atoms with Crippen LogP contribution >= 0.6 is 0 Å². The fraction of sp³-hybridized carbons (Fsp3) is 0.600. The summed E-state index contributed by atoms with van der Waals surface area (Å²) < 4.78 is 42.7. The topological polar surface area (TPSA) is 66.2 Å². The summed E-state index contributed by atoms with van der Waals surface area (Å²) in [4.78, 5) is 11.2. The second-order valence-electron chi connectivity index (χ2n) is 8.64. The maximum atomic E-state index is 13.7. The molecule has 0 amide bonds. The molecule has 3 heterocycles. The van der Waals surface area contributed by atoms with E-state index < -0.39 is 17.5 Å². The van der Waals surface area contributed by atoms with Gasteiger partial charge in [-0.3, -0.25) is 4.40 Å². The van der Waals surface area contributed by atoms with Gasteiger partial charge in [0.05, 0.1) is 22.8 Å². The van der Waals surface area contributed by atoms with E-state index in [0.717, 1.165) is 19.3 Å². The van der Waals surface area contributed by atoms with Crippen molar-refractivity contribution in [3.8, 4) is 0 Å². The van der Waals surface area contributed by atoms with E-state index in [9.17, 15) is 18.3 Å². The first kappa shape index (κ1) is 19.2. The Kier molecular flexibility index (Phi) is 4.45. The van der Waals surface area contributed by atoms with Gasteiger partial charge < -0.3 is 10.1 Å². The molecule has 0 spiro atoms. The zero-order valence-corrected chi connectivity index (χ0v) is 16.2. The van der Waals surface area contributed by atoms with E-state index in [1.54, 1.807) is 30.5 Å². The van der Waals surface area contributed by atoms with Crippen molar-refractivity contribution in [2.45, 2.75) is 64.1 Å². The molecule has 5 nitrogen and oxygen atoms in total. The van der Waals surface area contributed by atoms with Gasteiger partial charge >= 0.3 is 6.18 Å². The third kappa shape index (κ3) is 3.27. The van der Waals surface area contributed by atoms with Crippen LogP contribution in [0.2, 0.25) is 0 Å². The molecule has 1 fully saturated rings. The Morgan fingerprint density at radius 1 is 1.25 bits per heavy atom. The Balaban J connectivity index is 1.86. The van der Waals surface area contributed by atoms with Crippen molar-refractivity contribution in [1.29, 1.82) is 0 Å². The fourth-order valence-electron chi connectivity index (χ4n) is 4.92. The van der Waals surface area contributed by atoms with E-state index in [1.165, 1.54) is 6.20 Å². The number of hydrogen-bond donors (Lipinski definition) is 2. The SMILES string of the molecule is CC[C@@H]1C[C@@H](CC(C)(C)O)C[C@@H]1c1nc(C(F)(F)F)c2cnc3[nH]ccc3n12. The van der Waals surface area contributed by atoms with Crippen LogP contribution in [0.15, 0.2) is 18.5 Å². The number of fused-ring (bicyclic) bond motifs is 3. The monoisotopic (exact) mass is 394 g/mol. The number of aromatic amines is 1. The van der Waals surface area contributed by atoms with E-state index in [1.807, 2.05) is 0 Å². The molecule has 2 N–H and O–H groups in total. The molecule has 0 unspecified atom stereocenters. The fourth-order valence-corrected chi connectivity index (χ4v) is 4.92. The Morgan fingerprint density at radius 2 is 2.00 bits per heavy atom. The summed E-state index contributed by atoms with van der Waals surface area (Å²) in [6.45, 7) is 5.63. The first-order chi connectivity index (χ1) is 13.1. The molecule has 3 aromatic rings. The number of aromatic nitrogens is 4. The molecule has 152 valence electrons. The third-order valence-corrected chi connectivity index (χ3v) is 5.90. The summed E-state index contributed by atoms with van der Waals surface area (Å²) in [5, 5.41) is 10.2. The predicted octanol–water partition coefficient (Wildman–Crippen LogP) is 4.91. The van der Waals surface area contributed by atoms with Crippen LogP contribution in [0.25, 0.3) is 16.7 Å². The van der Waals surface area contributed by atoms with Crippen molar-refractivity contribution >= 4 is 16.7 Å². The van der Waals surface area contributed by atoms with Gasteiger partial charge in [0.1, 0.15) is 5.82 Å². The highest BCUT2D eigenvalue weighted by molar-refractivity contribution is 5.76. The number of nitrogens with zero attached hydrogens (tertiary/aromatic N) is 3. The van der Waals surface area contributed by atoms with Crippen molar-refractivity contribution in [2.24, 2.45) is 11.8 Å². The number of H-pyrrole nitrogens is 1. The molecule has 8 heteroatoms. The summed E-state index contributed by atoms with van der Waals surface area (Å²) in [5.41, 5.74) is -0.522. The number of imidazole rings is 1. The van der Waals surface area contributed by atoms with Crippen molar-refractivity contribution in [3.05, 3.63) is 30.0 Å². The lowest BCUT2D eigenvalue weighted by atomic mass is 9.91. The first-order valence-corrected chi connectivity index (χ1v) is 9.72. The Labute approximate surface area is 161 Å². The quantitative estimate of drug-likeness (QED) is 0.661. The maximum Gasteiger partial charge on any atom is 0.435 e. The zero-order chi connectivity index (χ0) is 20.3. The third-order valence-electron chi connectivity index (χ3n) is 5.90. The molecule has 0 aliphatic heterocycles. The molecular formula is C20H25F3N4O. The number of nitrogens with one attached hydrogen (secondary N) is 1. The molecule has 1 aliphatic carbocycles. The summed E-state index contributed by atoms with van der Waals surface area (Å²) >= 11 is 0. The molecule has 3 aromatic heterocycles. The van der Waals surface area contributed by atoms with E-state index in [-0.39, 0.29) is 23.3 Å². The number of halogens is 3. The van der Waals surface area contributed by atoms with Crippen LogP contribution in [0, 0.1) is 11.8 Å². The lowest BCUT2D eigenvalue weighted by Gasteiger charge is -2.21. The molecule has 0 radical (unpaired) electrons. The lowest BCUT2D eigenvalue weighted by molar-refractivity contribution is -0.139. The van der Waals surface area contributed by atoms with Gasteiger partial charge in [0.2, 0.25) is 0 Å². The maximum absolute atomic E-state index is 13.7. The first-order valence-electron chi connectivity index (χ1n) is 9.72. The van der Waals surface area contributed by atoms with Gasteiger partial charge in [0, 0.05) is 12.1 Å². The van der Waals surface area contributed by atoms with Crippen LogP contribution < -0.4 is 0 Å². The molecule has 1 saturated carbocycles. The van der Waals surface area contributed by atoms with Gasteiger partial charge in [0.25, 0.3) is 0 Å². The largest absolute Gasteiger partial charge is 0.435 e. The molecule has 0 saturated heterocycles. The van der Waals surface area contributed by atoms with Gasteiger partial charge in [0.15, 0.2) is 11.3 Å². The number of hydrogen-bond acceptors (Lipinski definition) is 3. The van der Waals surface area contributed by atoms with Crippen molar-refractivity contribution in [2.75, 3.05) is 0 Å². The normalized spacial score (nSPS) is 23.9. The molecule has 0 aromatic carbocycles. The molecule has 3 atom stereocenters. The number of alkyl halides is 3. The Hall–Kier alpha value is -2.09. The van der Waals surface area contributed by atoms with Crippen molar-refractivity contribution in [3.63, 3.8) is 0 Å². The minimum Gasteiger partial charge on any atom is -0.390 e. The molecule has 0 bridgehead atoms. The van der Waals surface area contributed by atoms with Gasteiger partial charge in [-0.2, -0.15) is 13.2 Å². The zero-order valence-electron chi connectivity index (χ0n) is 16.2. The molecule has 1 aliphatic rings.